The fourth-order valence-electron chi connectivity index (χ4n) is 3.83. The van der Waals surface area contributed by atoms with Crippen molar-refractivity contribution in [3.8, 4) is 28.5 Å². The molecule has 4 nitrogen and oxygen atoms in total. The van der Waals surface area contributed by atoms with Gasteiger partial charge in [0.2, 0.25) is 0 Å². The molecule has 1 aromatic heterocycles. The van der Waals surface area contributed by atoms with Crippen molar-refractivity contribution in [2.75, 3.05) is 0 Å². The Hall–Kier alpha value is -3.48. The fourth-order valence-corrected chi connectivity index (χ4v) is 3.83. The Morgan fingerprint density at radius 3 is 2.41 bits per heavy atom. The van der Waals surface area contributed by atoms with Gasteiger partial charge in [-0.3, -0.25) is 0 Å². The number of hydrogen-bond acceptors (Lipinski definition) is 4. The van der Waals surface area contributed by atoms with Gasteiger partial charge in [0.15, 0.2) is 5.58 Å². The minimum atomic E-state index is -4.38. The second-order valence-corrected chi connectivity index (χ2v) is 8.24. The lowest BCUT2D eigenvalue weighted by Gasteiger charge is -2.13. The van der Waals surface area contributed by atoms with Gasteiger partial charge in [0.25, 0.3) is 0 Å². The van der Waals surface area contributed by atoms with Crippen LogP contribution in [0, 0.1) is 5.92 Å². The average molecular weight is 439 g/mol. The van der Waals surface area contributed by atoms with Gasteiger partial charge in [-0.1, -0.05) is 31.1 Å². The molecule has 0 amide bonds. The number of alkyl halides is 3. The van der Waals surface area contributed by atoms with E-state index in [0.717, 1.165) is 29.9 Å². The second kappa shape index (κ2) is 7.58. The summed E-state index contributed by atoms with van der Waals surface area (Å²) in [6.45, 7) is 4.28. The largest absolute Gasteiger partial charge is 0.490 e. The summed E-state index contributed by atoms with van der Waals surface area (Å²) in [6.07, 6.45) is -3.35. The third-order valence-electron chi connectivity index (χ3n) is 5.64. The maximum Gasteiger partial charge on any atom is 0.416 e. The summed E-state index contributed by atoms with van der Waals surface area (Å²) in [6, 6.07) is 15.9. The summed E-state index contributed by atoms with van der Waals surface area (Å²) in [7, 11) is 0. The molecular formula is C25H20F3NO3. The second-order valence-electron chi connectivity index (χ2n) is 8.24. The number of nitrogens with zero attached hydrogens (tertiary/aromatic N) is 1. The summed E-state index contributed by atoms with van der Waals surface area (Å²) in [4.78, 5) is 0. The van der Waals surface area contributed by atoms with Crippen LogP contribution in [-0.2, 0) is 12.6 Å². The lowest BCUT2D eigenvalue weighted by Crippen LogP contribution is -2.19. The molecule has 5 rings (SSSR count). The van der Waals surface area contributed by atoms with E-state index in [9.17, 15) is 13.2 Å². The predicted octanol–water partition coefficient (Wildman–Crippen LogP) is 7.27. The topological polar surface area (TPSA) is 44.5 Å². The molecular weight excluding hydrogens is 419 g/mol. The highest BCUT2D eigenvalue weighted by Crippen LogP contribution is 2.37. The van der Waals surface area contributed by atoms with E-state index >= 15 is 0 Å². The highest BCUT2D eigenvalue weighted by molar-refractivity contribution is 5.92. The predicted molar refractivity (Wildman–Crippen MR) is 114 cm³/mol. The van der Waals surface area contributed by atoms with Gasteiger partial charge in [-0.2, -0.15) is 13.2 Å². The smallest absolute Gasteiger partial charge is 0.416 e. The Balaban J connectivity index is 1.38. The van der Waals surface area contributed by atoms with Crippen molar-refractivity contribution in [3.05, 3.63) is 71.8 Å². The standard InChI is InChI=1S/C25H20F3NO3/c1-14(2)22-12-16-11-18(8-10-21(16)31-22)30-19-7-9-20-23(13-19)32-29-24(20)15-3-5-17(6-4-15)25(26,27)28/h3-11,13-14,22H,12H2,1-2H3. The summed E-state index contributed by atoms with van der Waals surface area (Å²) < 4.78 is 55.8. The Kier molecular flexibility index (Phi) is 4.84. The molecule has 3 aromatic carbocycles. The molecule has 164 valence electrons. The molecule has 2 heterocycles. The van der Waals surface area contributed by atoms with E-state index in [4.69, 9.17) is 14.0 Å². The number of benzene rings is 3. The quantitative estimate of drug-likeness (QED) is 0.336. The Morgan fingerprint density at radius 1 is 0.969 bits per heavy atom. The molecule has 4 aromatic rings. The first-order valence-electron chi connectivity index (χ1n) is 10.3. The molecule has 7 heteroatoms. The van der Waals surface area contributed by atoms with Crippen LogP contribution >= 0.6 is 0 Å². The zero-order chi connectivity index (χ0) is 22.5. The highest BCUT2D eigenvalue weighted by atomic mass is 19.4. The van der Waals surface area contributed by atoms with Gasteiger partial charge >= 0.3 is 6.18 Å². The average Bonchev–Trinajstić information content (AvgIpc) is 3.37. The number of aromatic nitrogens is 1. The molecule has 0 N–H and O–H groups in total. The van der Waals surface area contributed by atoms with Crippen molar-refractivity contribution in [1.82, 2.24) is 5.16 Å². The van der Waals surface area contributed by atoms with Gasteiger partial charge in [0.05, 0.1) is 5.56 Å². The summed E-state index contributed by atoms with van der Waals surface area (Å²) in [5.41, 5.74) is 1.93. The van der Waals surface area contributed by atoms with Gasteiger partial charge in [-0.15, -0.1) is 0 Å². The molecule has 0 fully saturated rings. The van der Waals surface area contributed by atoms with Crippen molar-refractivity contribution in [3.63, 3.8) is 0 Å². The molecule has 1 unspecified atom stereocenters. The van der Waals surface area contributed by atoms with Gasteiger partial charge in [0, 0.05) is 29.0 Å². The fraction of sp³-hybridized carbons (Fsp3) is 0.240. The van der Waals surface area contributed by atoms with Gasteiger partial charge in [0.1, 0.15) is 29.0 Å². The van der Waals surface area contributed by atoms with Crippen LogP contribution < -0.4 is 9.47 Å². The highest BCUT2D eigenvalue weighted by Gasteiger charge is 2.30. The minimum Gasteiger partial charge on any atom is -0.490 e. The van der Waals surface area contributed by atoms with E-state index in [2.05, 4.69) is 19.0 Å². The first kappa shape index (κ1) is 20.4. The molecule has 0 saturated carbocycles. The van der Waals surface area contributed by atoms with Crippen molar-refractivity contribution in [2.24, 2.45) is 5.92 Å². The summed E-state index contributed by atoms with van der Waals surface area (Å²) >= 11 is 0. The van der Waals surface area contributed by atoms with E-state index in [-0.39, 0.29) is 6.10 Å². The number of ether oxygens (including phenoxy) is 2. The SMILES string of the molecule is CC(C)C1Cc2cc(Oc3ccc4c(-c5ccc(C(F)(F)F)cc5)noc4c3)ccc2O1. The molecule has 0 saturated heterocycles. The maximum absolute atomic E-state index is 12.8. The first-order valence-corrected chi connectivity index (χ1v) is 10.3. The van der Waals surface area contributed by atoms with Crippen molar-refractivity contribution in [2.45, 2.75) is 32.5 Å². The number of fused-ring (bicyclic) bond motifs is 2. The van der Waals surface area contributed by atoms with Crippen molar-refractivity contribution in [1.29, 1.82) is 0 Å². The van der Waals surface area contributed by atoms with Crippen LogP contribution in [0.2, 0.25) is 0 Å². The monoisotopic (exact) mass is 439 g/mol. The Labute approximate surface area is 182 Å². The van der Waals surface area contributed by atoms with Gasteiger partial charge < -0.3 is 14.0 Å². The van der Waals surface area contributed by atoms with Crippen LogP contribution in [0.3, 0.4) is 0 Å². The van der Waals surface area contributed by atoms with Crippen LogP contribution in [0.25, 0.3) is 22.2 Å². The van der Waals surface area contributed by atoms with Crippen molar-refractivity contribution >= 4 is 11.0 Å². The zero-order valence-corrected chi connectivity index (χ0v) is 17.4. The van der Waals surface area contributed by atoms with Gasteiger partial charge in [-0.05, 0) is 48.4 Å². The first-order chi connectivity index (χ1) is 15.3. The number of halogens is 3. The normalized spacial score (nSPS) is 15.8. The molecule has 32 heavy (non-hydrogen) atoms. The van der Waals surface area contributed by atoms with E-state index in [1.165, 1.54) is 12.1 Å². The Morgan fingerprint density at radius 2 is 1.69 bits per heavy atom. The molecule has 1 aliphatic rings. The van der Waals surface area contributed by atoms with Crippen molar-refractivity contribution < 1.29 is 27.2 Å². The van der Waals surface area contributed by atoms with Crippen LogP contribution in [0.1, 0.15) is 25.0 Å². The molecule has 0 spiro atoms. The van der Waals surface area contributed by atoms with E-state index in [1.54, 1.807) is 18.2 Å². The molecule has 0 bridgehead atoms. The number of hydrogen-bond donors (Lipinski definition) is 0. The summed E-state index contributed by atoms with van der Waals surface area (Å²) in [5, 5.41) is 4.74. The molecule has 0 radical (unpaired) electrons. The zero-order valence-electron chi connectivity index (χ0n) is 17.4. The van der Waals surface area contributed by atoms with Crippen LogP contribution in [0.15, 0.2) is 65.2 Å². The van der Waals surface area contributed by atoms with Crippen LogP contribution in [0.5, 0.6) is 17.2 Å². The lowest BCUT2D eigenvalue weighted by molar-refractivity contribution is -0.137. The number of rotatable bonds is 4. The van der Waals surface area contributed by atoms with Gasteiger partial charge in [-0.25, -0.2) is 0 Å². The van der Waals surface area contributed by atoms with Crippen LogP contribution in [-0.4, -0.2) is 11.3 Å². The minimum absolute atomic E-state index is 0.175. The molecule has 1 atom stereocenters. The lowest BCUT2D eigenvalue weighted by atomic mass is 10.0. The van der Waals surface area contributed by atoms with E-state index in [0.29, 0.717) is 39.6 Å². The van der Waals surface area contributed by atoms with E-state index < -0.39 is 11.7 Å². The maximum atomic E-state index is 12.8. The third-order valence-corrected chi connectivity index (χ3v) is 5.64. The molecule has 0 aliphatic carbocycles. The Bertz CT molecular complexity index is 1280. The van der Waals surface area contributed by atoms with E-state index in [1.807, 2.05) is 18.2 Å². The third kappa shape index (κ3) is 3.79. The summed E-state index contributed by atoms with van der Waals surface area (Å²) in [5.74, 6) is 2.59. The molecule has 1 aliphatic heterocycles. The van der Waals surface area contributed by atoms with Crippen LogP contribution in [0.4, 0.5) is 13.2 Å².